The Kier molecular flexibility index (Phi) is 4.87. The predicted molar refractivity (Wildman–Crippen MR) is 94.2 cm³/mol. The third-order valence-corrected chi connectivity index (χ3v) is 5.19. The van der Waals surface area contributed by atoms with Gasteiger partial charge in [0.1, 0.15) is 0 Å². The lowest BCUT2D eigenvalue weighted by Gasteiger charge is -2.33. The van der Waals surface area contributed by atoms with Crippen LogP contribution in [0.1, 0.15) is 37.2 Å². The van der Waals surface area contributed by atoms with E-state index in [4.69, 9.17) is 11.6 Å². The van der Waals surface area contributed by atoms with E-state index in [1.54, 1.807) is 0 Å². The summed E-state index contributed by atoms with van der Waals surface area (Å²) < 4.78 is 1.07. The summed E-state index contributed by atoms with van der Waals surface area (Å²) in [6.07, 6.45) is 5.06. The molecule has 2 aromatic carbocycles. The average Bonchev–Trinajstić information content (AvgIpc) is 2.52. The third-order valence-electron chi connectivity index (χ3n) is 4.26. The molecule has 0 radical (unpaired) electrons. The molecule has 3 rings (SSSR count). The van der Waals surface area contributed by atoms with Gasteiger partial charge in [0.25, 0.3) is 0 Å². The molecule has 0 saturated heterocycles. The van der Waals surface area contributed by atoms with Gasteiger partial charge in [-0.25, -0.2) is 0 Å². The minimum absolute atomic E-state index is 0.468. The van der Waals surface area contributed by atoms with Crippen LogP contribution in [0, 0.1) is 0 Å². The van der Waals surface area contributed by atoms with Crippen molar-refractivity contribution in [1.82, 2.24) is 0 Å². The van der Waals surface area contributed by atoms with Crippen molar-refractivity contribution in [3.8, 4) is 0 Å². The van der Waals surface area contributed by atoms with Crippen LogP contribution < -0.4 is 5.32 Å². The molecule has 2 unspecified atom stereocenters. The highest BCUT2D eigenvalue weighted by Gasteiger charge is 2.26. The normalized spacial score (nSPS) is 22.0. The maximum absolute atomic E-state index is 6.13. The fraction of sp³-hybridized carbons (Fsp3) is 0.333. The highest BCUT2D eigenvalue weighted by molar-refractivity contribution is 9.10. The predicted octanol–water partition coefficient (Wildman–Crippen LogP) is 6.24. The van der Waals surface area contributed by atoms with Crippen molar-refractivity contribution < 1.29 is 0 Å². The van der Waals surface area contributed by atoms with Crippen LogP contribution in [0.2, 0.25) is 5.02 Å². The van der Waals surface area contributed by atoms with E-state index < -0.39 is 0 Å². The van der Waals surface area contributed by atoms with Crippen LogP contribution in [-0.2, 0) is 0 Å². The van der Waals surface area contributed by atoms with Gasteiger partial charge >= 0.3 is 0 Å². The summed E-state index contributed by atoms with van der Waals surface area (Å²) in [6.45, 7) is 0. The largest absolute Gasteiger partial charge is 0.381 e. The van der Waals surface area contributed by atoms with E-state index in [0.29, 0.717) is 12.0 Å². The Bertz CT molecular complexity index is 599. The number of anilines is 1. The fourth-order valence-electron chi connectivity index (χ4n) is 3.21. The first-order chi connectivity index (χ1) is 10.2. The molecular formula is C18H19BrClN. The molecule has 110 valence electrons. The van der Waals surface area contributed by atoms with Crippen molar-refractivity contribution in [3.63, 3.8) is 0 Å². The fourth-order valence-corrected chi connectivity index (χ4v) is 3.74. The Labute approximate surface area is 139 Å². The van der Waals surface area contributed by atoms with Gasteiger partial charge in [-0.05, 0) is 52.5 Å². The average molecular weight is 365 g/mol. The van der Waals surface area contributed by atoms with Crippen LogP contribution in [0.25, 0.3) is 0 Å². The van der Waals surface area contributed by atoms with Crippen molar-refractivity contribution in [1.29, 1.82) is 0 Å². The lowest BCUT2D eigenvalue weighted by Crippen LogP contribution is -2.30. The van der Waals surface area contributed by atoms with E-state index in [1.807, 2.05) is 18.2 Å². The van der Waals surface area contributed by atoms with Gasteiger partial charge in [-0.3, -0.25) is 0 Å². The van der Waals surface area contributed by atoms with Crippen molar-refractivity contribution in [2.24, 2.45) is 0 Å². The second-order valence-corrected chi connectivity index (χ2v) is 6.97. The van der Waals surface area contributed by atoms with Gasteiger partial charge in [0.2, 0.25) is 0 Å². The van der Waals surface area contributed by atoms with Gasteiger partial charge in [0.05, 0.1) is 5.69 Å². The Morgan fingerprint density at radius 3 is 2.57 bits per heavy atom. The van der Waals surface area contributed by atoms with E-state index in [1.165, 1.54) is 31.2 Å². The van der Waals surface area contributed by atoms with Crippen molar-refractivity contribution in [3.05, 3.63) is 63.6 Å². The zero-order valence-electron chi connectivity index (χ0n) is 11.9. The van der Waals surface area contributed by atoms with E-state index in [-0.39, 0.29) is 0 Å². The maximum atomic E-state index is 6.13. The quantitative estimate of drug-likeness (QED) is 0.679. The summed E-state index contributed by atoms with van der Waals surface area (Å²) in [5, 5.41) is 4.48. The molecule has 2 aromatic rings. The molecule has 3 heteroatoms. The van der Waals surface area contributed by atoms with E-state index >= 15 is 0 Å². The monoisotopic (exact) mass is 363 g/mol. The zero-order valence-corrected chi connectivity index (χ0v) is 14.2. The number of nitrogens with one attached hydrogen (secondary N) is 1. The lowest BCUT2D eigenvalue weighted by atomic mass is 9.80. The van der Waals surface area contributed by atoms with Gasteiger partial charge in [-0.2, -0.15) is 0 Å². The summed E-state index contributed by atoms with van der Waals surface area (Å²) in [7, 11) is 0. The number of halogens is 2. The minimum atomic E-state index is 0.468. The minimum Gasteiger partial charge on any atom is -0.381 e. The Morgan fingerprint density at radius 2 is 1.76 bits per heavy atom. The van der Waals surface area contributed by atoms with Crippen LogP contribution in [0.4, 0.5) is 5.69 Å². The van der Waals surface area contributed by atoms with Crippen LogP contribution in [-0.4, -0.2) is 6.04 Å². The van der Waals surface area contributed by atoms with Gasteiger partial charge in [-0.15, -0.1) is 0 Å². The number of hydrogen-bond acceptors (Lipinski definition) is 1. The summed E-state index contributed by atoms with van der Waals surface area (Å²) in [5.74, 6) is 0.575. The topological polar surface area (TPSA) is 12.0 Å². The highest BCUT2D eigenvalue weighted by atomic mass is 79.9. The summed E-state index contributed by atoms with van der Waals surface area (Å²) in [5.41, 5.74) is 2.53. The second-order valence-electron chi connectivity index (χ2n) is 5.68. The highest BCUT2D eigenvalue weighted by Crippen LogP contribution is 2.36. The zero-order chi connectivity index (χ0) is 14.7. The molecule has 1 aliphatic carbocycles. The number of hydrogen-bond donors (Lipinski definition) is 1. The molecule has 0 spiro atoms. The first kappa shape index (κ1) is 14.9. The van der Waals surface area contributed by atoms with Gasteiger partial charge in [-0.1, -0.05) is 54.8 Å². The molecule has 2 atom stereocenters. The van der Waals surface area contributed by atoms with Crippen LogP contribution >= 0.6 is 27.5 Å². The first-order valence-corrected chi connectivity index (χ1v) is 8.67. The molecule has 21 heavy (non-hydrogen) atoms. The van der Waals surface area contributed by atoms with Gasteiger partial charge < -0.3 is 5.32 Å². The standard InChI is InChI=1S/C18H19BrClN/c19-16-11-10-14(20)12-18(16)21-17-9-5-4-8-15(17)13-6-2-1-3-7-13/h1-3,6-7,10-12,15,17,21H,4-5,8-9H2. The molecular weight excluding hydrogens is 346 g/mol. The van der Waals surface area contributed by atoms with Crippen molar-refractivity contribution in [2.45, 2.75) is 37.6 Å². The van der Waals surface area contributed by atoms with E-state index in [0.717, 1.165) is 15.2 Å². The number of rotatable bonds is 3. The van der Waals surface area contributed by atoms with Crippen LogP contribution in [0.3, 0.4) is 0 Å². The molecule has 0 heterocycles. The molecule has 0 bridgehead atoms. The van der Waals surface area contributed by atoms with E-state index in [2.05, 4.69) is 51.6 Å². The van der Waals surface area contributed by atoms with Crippen molar-refractivity contribution in [2.75, 3.05) is 5.32 Å². The smallest absolute Gasteiger partial charge is 0.0501 e. The molecule has 0 amide bonds. The van der Waals surface area contributed by atoms with Crippen LogP contribution in [0.5, 0.6) is 0 Å². The van der Waals surface area contributed by atoms with Gasteiger partial charge in [0.15, 0.2) is 0 Å². The summed E-state index contributed by atoms with van der Waals surface area (Å²) >= 11 is 9.74. The molecule has 1 saturated carbocycles. The molecule has 0 aliphatic heterocycles. The number of benzene rings is 2. The molecule has 1 fully saturated rings. The summed E-state index contributed by atoms with van der Waals surface area (Å²) in [6, 6.07) is 17.2. The molecule has 0 aromatic heterocycles. The lowest BCUT2D eigenvalue weighted by molar-refractivity contribution is 0.405. The maximum Gasteiger partial charge on any atom is 0.0501 e. The molecule has 1 N–H and O–H groups in total. The third kappa shape index (κ3) is 3.61. The Balaban J connectivity index is 1.83. The first-order valence-electron chi connectivity index (χ1n) is 7.50. The second kappa shape index (κ2) is 6.85. The Hall–Kier alpha value is -0.990. The van der Waals surface area contributed by atoms with E-state index in [9.17, 15) is 0 Å². The Morgan fingerprint density at radius 1 is 1.00 bits per heavy atom. The molecule has 1 nitrogen and oxygen atoms in total. The van der Waals surface area contributed by atoms with Crippen molar-refractivity contribution >= 4 is 33.2 Å². The van der Waals surface area contributed by atoms with Gasteiger partial charge in [0, 0.05) is 21.5 Å². The SMILES string of the molecule is Clc1ccc(Br)c(NC2CCCCC2c2ccccc2)c1. The van der Waals surface area contributed by atoms with Crippen LogP contribution in [0.15, 0.2) is 53.0 Å². The summed E-state index contributed by atoms with van der Waals surface area (Å²) in [4.78, 5) is 0. The molecule has 1 aliphatic rings.